The van der Waals surface area contributed by atoms with E-state index in [1.165, 1.54) is 64.2 Å². The van der Waals surface area contributed by atoms with Gasteiger partial charge < -0.3 is 80.9 Å². The van der Waals surface area contributed by atoms with Gasteiger partial charge in [-0.2, -0.15) is 0 Å². The van der Waals surface area contributed by atoms with Crippen LogP contribution in [0.5, 0.6) is 0 Å². The highest BCUT2D eigenvalue weighted by Crippen LogP contribution is 2.11. The van der Waals surface area contributed by atoms with E-state index in [9.17, 15) is 0 Å². The van der Waals surface area contributed by atoms with E-state index < -0.39 is 0 Å². The van der Waals surface area contributed by atoms with E-state index in [0.29, 0.717) is 205 Å². The van der Waals surface area contributed by atoms with Crippen LogP contribution in [0.3, 0.4) is 0 Å². The van der Waals surface area contributed by atoms with Crippen LogP contribution >= 0.6 is 0 Å². The predicted molar refractivity (Wildman–Crippen MR) is 246 cm³/mol. The molecule has 0 rings (SSSR count). The fourth-order valence-electron chi connectivity index (χ4n) is 5.62. The molecule has 0 amide bonds. The first-order valence-corrected chi connectivity index (χ1v) is 24.8. The van der Waals surface area contributed by atoms with E-state index in [1.54, 1.807) is 0 Å². The minimum absolute atomic E-state index is 0.0251. The Bertz CT molecular complexity index is 730. The van der Waals surface area contributed by atoms with E-state index >= 15 is 0 Å². The molecule has 386 valence electrons. The quantitative estimate of drug-likeness (QED) is 0.0776. The maximum Gasteiger partial charge on any atom is 0.0701 e. The fourth-order valence-corrected chi connectivity index (χ4v) is 5.62. The lowest BCUT2D eigenvalue weighted by molar-refractivity contribution is -0.0254. The Morgan fingerprint density at radius 1 is 0.172 bits per heavy atom. The van der Waals surface area contributed by atoms with Gasteiger partial charge in [-0.05, 0) is 19.3 Å². The topological polar surface area (TPSA) is 168 Å². The van der Waals surface area contributed by atoms with E-state index in [0.717, 1.165) is 25.9 Å². The highest BCUT2D eigenvalue weighted by molar-refractivity contribution is 4.48. The van der Waals surface area contributed by atoms with Crippen molar-refractivity contribution in [3.05, 3.63) is 0 Å². The van der Waals surface area contributed by atoms with Gasteiger partial charge in [0.05, 0.1) is 185 Å². The third-order valence-corrected chi connectivity index (χ3v) is 9.12. The van der Waals surface area contributed by atoms with E-state index in [1.807, 2.05) is 0 Å². The molecule has 0 radical (unpaired) electrons. The van der Waals surface area contributed by atoms with Crippen LogP contribution in [0.4, 0.5) is 0 Å². The maximum atomic E-state index is 8.60. The van der Waals surface area contributed by atoms with Crippen LogP contribution < -0.4 is 0 Å². The molecule has 0 heterocycles. The molecule has 0 atom stereocenters. The van der Waals surface area contributed by atoms with Gasteiger partial charge in [-0.3, -0.25) is 0 Å². The molecular formula is C47H96O17. The number of aliphatic hydroxyl groups excluding tert-OH is 1. The molecule has 0 aromatic carbocycles. The van der Waals surface area contributed by atoms with Crippen molar-refractivity contribution in [2.24, 2.45) is 0 Å². The van der Waals surface area contributed by atoms with Crippen molar-refractivity contribution in [2.45, 2.75) is 90.4 Å². The molecule has 0 fully saturated rings. The van der Waals surface area contributed by atoms with E-state index in [-0.39, 0.29) is 6.61 Å². The lowest BCUT2D eigenvalue weighted by atomic mass is 10.1. The lowest BCUT2D eigenvalue weighted by Gasteiger charge is -2.09. The van der Waals surface area contributed by atoms with Gasteiger partial charge >= 0.3 is 0 Å². The summed E-state index contributed by atoms with van der Waals surface area (Å²) < 4.78 is 88.1. The molecule has 1 N–H and O–H groups in total. The minimum Gasteiger partial charge on any atom is -0.394 e. The summed E-state index contributed by atoms with van der Waals surface area (Å²) in [6.45, 7) is 19.8. The highest BCUT2D eigenvalue weighted by atomic mass is 16.6. The molecule has 0 aromatic rings. The largest absolute Gasteiger partial charge is 0.394 e. The van der Waals surface area contributed by atoms with Gasteiger partial charge in [0.25, 0.3) is 0 Å². The van der Waals surface area contributed by atoms with Crippen LogP contribution in [0.25, 0.3) is 0 Å². The molecule has 17 heteroatoms. The summed E-state index contributed by atoms with van der Waals surface area (Å²) in [5.74, 6) is 0. The molecule has 0 aromatic heterocycles. The van der Waals surface area contributed by atoms with Crippen LogP contribution in [-0.4, -0.2) is 223 Å². The van der Waals surface area contributed by atoms with Crippen LogP contribution in [0.1, 0.15) is 90.4 Å². The zero-order chi connectivity index (χ0) is 45.8. The molecule has 0 aliphatic rings. The Morgan fingerprint density at radius 2 is 0.328 bits per heavy atom. The second-order valence-corrected chi connectivity index (χ2v) is 14.8. The van der Waals surface area contributed by atoms with Gasteiger partial charge in [0.15, 0.2) is 0 Å². The van der Waals surface area contributed by atoms with Gasteiger partial charge in [-0.15, -0.1) is 0 Å². The lowest BCUT2D eigenvalue weighted by Crippen LogP contribution is -2.15. The minimum atomic E-state index is 0.0251. The van der Waals surface area contributed by atoms with Crippen molar-refractivity contribution in [3.8, 4) is 0 Å². The summed E-state index contributed by atoms with van der Waals surface area (Å²) in [7, 11) is 0. The van der Waals surface area contributed by atoms with Crippen molar-refractivity contribution >= 4 is 0 Å². The third-order valence-electron chi connectivity index (χ3n) is 9.12. The summed E-state index contributed by atoms with van der Waals surface area (Å²) in [4.78, 5) is 0. The van der Waals surface area contributed by atoms with Gasteiger partial charge in [0, 0.05) is 33.0 Å². The molecule has 0 aliphatic heterocycles. The summed E-state index contributed by atoms with van der Waals surface area (Å²) in [6, 6.07) is 0. The van der Waals surface area contributed by atoms with Crippen molar-refractivity contribution in [2.75, 3.05) is 218 Å². The molecule has 64 heavy (non-hydrogen) atoms. The molecule has 0 bridgehead atoms. The molecule has 0 saturated heterocycles. The predicted octanol–water partition coefficient (Wildman–Crippen LogP) is 5.34. The van der Waals surface area contributed by atoms with Crippen molar-refractivity contribution in [1.82, 2.24) is 0 Å². The number of rotatable bonds is 61. The van der Waals surface area contributed by atoms with Gasteiger partial charge in [-0.1, -0.05) is 71.1 Å². The maximum absolute atomic E-state index is 8.60. The zero-order valence-electron chi connectivity index (χ0n) is 40.5. The molecule has 0 unspecified atom stereocenters. The van der Waals surface area contributed by atoms with Crippen LogP contribution in [-0.2, 0) is 75.8 Å². The van der Waals surface area contributed by atoms with E-state index in [2.05, 4.69) is 6.92 Å². The summed E-state index contributed by atoms with van der Waals surface area (Å²) in [5.41, 5.74) is 0. The number of ether oxygens (including phenoxy) is 16. The summed E-state index contributed by atoms with van der Waals surface area (Å²) in [5, 5.41) is 8.60. The number of aliphatic hydroxyl groups is 1. The van der Waals surface area contributed by atoms with Gasteiger partial charge in [-0.25, -0.2) is 0 Å². The van der Waals surface area contributed by atoms with Crippen molar-refractivity contribution in [1.29, 1.82) is 0 Å². The van der Waals surface area contributed by atoms with Crippen LogP contribution in [0, 0.1) is 0 Å². The third kappa shape index (κ3) is 61.3. The van der Waals surface area contributed by atoms with Crippen molar-refractivity contribution in [3.63, 3.8) is 0 Å². The SMILES string of the molecule is CCCCCCCCCCCCCOCCOCCOCCOCCOCCOCCOCCOCCOCCCOCCCOCCOCCOCCOCCOCCOCCO. The summed E-state index contributed by atoms with van der Waals surface area (Å²) >= 11 is 0. The Morgan fingerprint density at radius 3 is 0.547 bits per heavy atom. The Balaban J connectivity index is 3.06. The molecule has 0 aliphatic carbocycles. The number of hydrogen-bond acceptors (Lipinski definition) is 17. The second-order valence-electron chi connectivity index (χ2n) is 14.8. The first kappa shape index (κ1) is 63.3. The van der Waals surface area contributed by atoms with Crippen LogP contribution in [0.2, 0.25) is 0 Å². The van der Waals surface area contributed by atoms with E-state index in [4.69, 9.17) is 80.9 Å². The Kier molecular flexibility index (Phi) is 61.7. The Hall–Kier alpha value is -0.680. The number of hydrogen-bond donors (Lipinski definition) is 1. The zero-order valence-corrected chi connectivity index (χ0v) is 40.5. The molecule has 17 nitrogen and oxygen atoms in total. The fraction of sp³-hybridized carbons (Fsp3) is 1.00. The highest BCUT2D eigenvalue weighted by Gasteiger charge is 1.99. The smallest absolute Gasteiger partial charge is 0.0701 e. The van der Waals surface area contributed by atoms with Crippen molar-refractivity contribution < 1.29 is 80.9 Å². The molecular weight excluding hydrogens is 836 g/mol. The number of unbranched alkanes of at least 4 members (excludes halogenated alkanes) is 10. The average Bonchev–Trinajstić information content (AvgIpc) is 3.31. The monoisotopic (exact) mass is 933 g/mol. The van der Waals surface area contributed by atoms with Gasteiger partial charge in [0.2, 0.25) is 0 Å². The van der Waals surface area contributed by atoms with Crippen LogP contribution in [0.15, 0.2) is 0 Å². The average molecular weight is 933 g/mol. The first-order chi connectivity index (χ1) is 31.9. The summed E-state index contributed by atoms with van der Waals surface area (Å²) in [6.07, 6.45) is 16.5. The van der Waals surface area contributed by atoms with Gasteiger partial charge in [0.1, 0.15) is 0 Å². The first-order valence-electron chi connectivity index (χ1n) is 24.8. The molecule has 0 saturated carbocycles. The Labute approximate surface area is 388 Å². The second kappa shape index (κ2) is 62.3. The molecule has 0 spiro atoms. The standard InChI is InChI=1S/C47H96O17/c1-2-3-4-5-6-7-8-9-10-11-12-16-50-22-26-54-30-34-58-39-42-62-44-46-64-47-45-63-43-40-60-36-32-56-28-24-52-20-14-18-49-17-13-19-51-23-27-55-31-35-59-38-41-61-37-33-57-29-25-53-21-15-48/h48H,2-47H2,1H3. The normalized spacial score (nSPS) is 11.7.